The molecule has 0 saturated heterocycles. The molecule has 4 heteroatoms. The molecular formula is C16H12N2OS. The fourth-order valence-electron chi connectivity index (χ4n) is 2.32. The van der Waals surface area contributed by atoms with Crippen LogP contribution in [0.1, 0.15) is 33.3 Å². The Kier molecular flexibility index (Phi) is 3.13. The molecule has 0 fully saturated rings. The van der Waals surface area contributed by atoms with E-state index in [1.54, 1.807) is 18.3 Å². The number of ketones is 1. The number of nitrogens with one attached hydrogen (secondary N) is 1. The summed E-state index contributed by atoms with van der Waals surface area (Å²) < 4.78 is 0. The van der Waals surface area contributed by atoms with Crippen molar-refractivity contribution < 1.29 is 4.79 Å². The summed E-state index contributed by atoms with van der Waals surface area (Å²) in [6.45, 7) is 2.05. The van der Waals surface area contributed by atoms with Crippen LogP contribution in [0.2, 0.25) is 0 Å². The predicted molar refractivity (Wildman–Crippen MR) is 80.1 cm³/mol. The molecule has 0 radical (unpaired) electrons. The molecule has 0 bridgehead atoms. The van der Waals surface area contributed by atoms with Gasteiger partial charge in [0.05, 0.1) is 16.5 Å². The first-order valence-electron chi connectivity index (χ1n) is 6.37. The van der Waals surface area contributed by atoms with E-state index in [1.807, 2.05) is 24.4 Å². The Labute approximate surface area is 120 Å². The molecular weight excluding hydrogens is 268 g/mol. The maximum Gasteiger partial charge on any atom is 0.205 e. The van der Waals surface area contributed by atoms with Gasteiger partial charge in [-0.3, -0.25) is 4.79 Å². The van der Waals surface area contributed by atoms with E-state index in [1.165, 1.54) is 11.3 Å². The number of rotatable bonds is 3. The predicted octanol–water partition coefficient (Wildman–Crippen LogP) is 3.89. The minimum atomic E-state index is 0.0489. The van der Waals surface area contributed by atoms with E-state index < -0.39 is 0 Å². The van der Waals surface area contributed by atoms with E-state index >= 15 is 0 Å². The van der Waals surface area contributed by atoms with E-state index in [2.05, 4.69) is 11.1 Å². The van der Waals surface area contributed by atoms with Gasteiger partial charge in [0.15, 0.2) is 0 Å². The fourth-order valence-corrected chi connectivity index (χ4v) is 3.27. The van der Waals surface area contributed by atoms with Crippen molar-refractivity contribution in [3.8, 4) is 6.07 Å². The van der Waals surface area contributed by atoms with Crippen LogP contribution in [0.15, 0.2) is 35.8 Å². The lowest BCUT2D eigenvalue weighted by molar-refractivity contribution is 0.104. The van der Waals surface area contributed by atoms with Gasteiger partial charge in [-0.2, -0.15) is 5.26 Å². The molecule has 0 aliphatic heterocycles. The Morgan fingerprint density at radius 1 is 1.40 bits per heavy atom. The van der Waals surface area contributed by atoms with Crippen LogP contribution in [-0.4, -0.2) is 10.8 Å². The van der Waals surface area contributed by atoms with Gasteiger partial charge < -0.3 is 4.98 Å². The summed E-state index contributed by atoms with van der Waals surface area (Å²) in [6, 6.07) is 9.43. The fraction of sp³-hybridized carbons (Fsp3) is 0.125. The molecule has 1 aromatic carbocycles. The van der Waals surface area contributed by atoms with Crippen molar-refractivity contribution in [2.24, 2.45) is 0 Å². The molecule has 1 N–H and O–H groups in total. The third-order valence-electron chi connectivity index (χ3n) is 3.39. The molecule has 0 unspecified atom stereocenters. The summed E-state index contributed by atoms with van der Waals surface area (Å²) in [5.74, 6) is 0.0489. The van der Waals surface area contributed by atoms with Gasteiger partial charge in [-0.25, -0.2) is 0 Å². The molecule has 2 aromatic heterocycles. The van der Waals surface area contributed by atoms with E-state index in [4.69, 9.17) is 5.26 Å². The second kappa shape index (κ2) is 4.95. The number of carbonyl (C=O) groups excluding carboxylic acids is 1. The molecule has 3 rings (SSSR count). The number of aromatic amines is 1. The number of hydrogen-bond donors (Lipinski definition) is 1. The minimum Gasteiger partial charge on any atom is -0.360 e. The van der Waals surface area contributed by atoms with E-state index in [9.17, 15) is 4.79 Å². The van der Waals surface area contributed by atoms with Crippen molar-refractivity contribution in [1.82, 2.24) is 4.98 Å². The maximum absolute atomic E-state index is 12.6. The van der Waals surface area contributed by atoms with Gasteiger partial charge >= 0.3 is 0 Å². The SMILES string of the molecule is CCc1ccsc1C(=O)c1c[nH]c2cc(C#N)ccc12. The van der Waals surface area contributed by atoms with Crippen LogP contribution in [0.5, 0.6) is 0 Å². The van der Waals surface area contributed by atoms with Gasteiger partial charge in [-0.05, 0) is 35.6 Å². The highest BCUT2D eigenvalue weighted by atomic mass is 32.1. The molecule has 20 heavy (non-hydrogen) atoms. The van der Waals surface area contributed by atoms with Crippen molar-refractivity contribution in [1.29, 1.82) is 5.26 Å². The number of nitriles is 1. The summed E-state index contributed by atoms with van der Waals surface area (Å²) in [7, 11) is 0. The standard InChI is InChI=1S/C16H12N2OS/c1-2-11-5-6-20-16(11)15(19)13-9-18-14-7-10(8-17)3-4-12(13)14/h3-7,9,18H,2H2,1H3. The van der Waals surface area contributed by atoms with Crippen molar-refractivity contribution in [3.05, 3.63) is 57.4 Å². The number of carbonyl (C=O) groups is 1. The molecule has 0 amide bonds. The highest BCUT2D eigenvalue weighted by molar-refractivity contribution is 7.12. The molecule has 3 aromatic rings. The number of hydrogen-bond acceptors (Lipinski definition) is 3. The van der Waals surface area contributed by atoms with Crippen molar-refractivity contribution in [2.45, 2.75) is 13.3 Å². The lowest BCUT2D eigenvalue weighted by atomic mass is 10.0. The lowest BCUT2D eigenvalue weighted by Crippen LogP contribution is -2.00. The molecule has 0 aliphatic carbocycles. The molecule has 98 valence electrons. The smallest absolute Gasteiger partial charge is 0.205 e. The minimum absolute atomic E-state index is 0.0489. The zero-order valence-corrected chi connectivity index (χ0v) is 11.8. The van der Waals surface area contributed by atoms with Crippen LogP contribution >= 0.6 is 11.3 Å². The van der Waals surface area contributed by atoms with Crippen LogP contribution in [0.4, 0.5) is 0 Å². The Morgan fingerprint density at radius 2 is 2.25 bits per heavy atom. The first-order valence-corrected chi connectivity index (χ1v) is 7.25. The van der Waals surface area contributed by atoms with Crippen molar-refractivity contribution >= 4 is 28.0 Å². The molecule has 2 heterocycles. The first-order chi connectivity index (χ1) is 9.74. The Balaban J connectivity index is 2.11. The highest BCUT2D eigenvalue weighted by Gasteiger charge is 2.18. The number of aromatic nitrogens is 1. The summed E-state index contributed by atoms with van der Waals surface area (Å²) in [5, 5.41) is 11.7. The maximum atomic E-state index is 12.6. The number of nitrogens with zero attached hydrogens (tertiary/aromatic N) is 1. The second-order valence-corrected chi connectivity index (χ2v) is 5.45. The van der Waals surface area contributed by atoms with Gasteiger partial charge in [-0.15, -0.1) is 11.3 Å². The Bertz CT molecular complexity index is 836. The number of H-pyrrole nitrogens is 1. The van der Waals surface area contributed by atoms with Crippen LogP contribution in [-0.2, 0) is 6.42 Å². The molecule has 0 aliphatic rings. The zero-order valence-electron chi connectivity index (χ0n) is 10.9. The summed E-state index contributed by atoms with van der Waals surface area (Å²) in [5.41, 5.74) is 3.16. The number of thiophene rings is 1. The molecule has 0 atom stereocenters. The third-order valence-corrected chi connectivity index (χ3v) is 4.34. The third kappa shape index (κ3) is 1.93. The normalized spacial score (nSPS) is 10.6. The van der Waals surface area contributed by atoms with Gasteiger partial charge in [0.2, 0.25) is 5.78 Å². The van der Waals surface area contributed by atoms with Crippen LogP contribution < -0.4 is 0 Å². The van der Waals surface area contributed by atoms with Gasteiger partial charge in [-0.1, -0.05) is 13.0 Å². The van der Waals surface area contributed by atoms with Crippen molar-refractivity contribution in [3.63, 3.8) is 0 Å². The van der Waals surface area contributed by atoms with E-state index in [-0.39, 0.29) is 5.78 Å². The Hall–Kier alpha value is -2.38. The summed E-state index contributed by atoms with van der Waals surface area (Å²) in [4.78, 5) is 16.5. The lowest BCUT2D eigenvalue weighted by Gasteiger charge is -2.00. The monoisotopic (exact) mass is 280 g/mol. The zero-order chi connectivity index (χ0) is 14.1. The molecule has 3 nitrogen and oxygen atoms in total. The Morgan fingerprint density at radius 3 is 3.00 bits per heavy atom. The van der Waals surface area contributed by atoms with Crippen LogP contribution in [0.3, 0.4) is 0 Å². The quantitative estimate of drug-likeness (QED) is 0.740. The van der Waals surface area contributed by atoms with Crippen molar-refractivity contribution in [2.75, 3.05) is 0 Å². The number of aryl methyl sites for hydroxylation is 1. The number of fused-ring (bicyclic) bond motifs is 1. The largest absolute Gasteiger partial charge is 0.360 e. The average molecular weight is 280 g/mol. The topological polar surface area (TPSA) is 56.6 Å². The summed E-state index contributed by atoms with van der Waals surface area (Å²) >= 11 is 1.48. The average Bonchev–Trinajstić information content (AvgIpc) is 3.12. The molecule has 0 spiro atoms. The van der Waals surface area contributed by atoms with Gasteiger partial charge in [0.25, 0.3) is 0 Å². The number of benzene rings is 1. The van der Waals surface area contributed by atoms with E-state index in [0.717, 1.165) is 27.8 Å². The van der Waals surface area contributed by atoms with Crippen LogP contribution in [0.25, 0.3) is 10.9 Å². The molecule has 0 saturated carbocycles. The first kappa shape index (κ1) is 12.6. The van der Waals surface area contributed by atoms with Gasteiger partial charge in [0, 0.05) is 22.7 Å². The highest BCUT2D eigenvalue weighted by Crippen LogP contribution is 2.26. The van der Waals surface area contributed by atoms with E-state index in [0.29, 0.717) is 11.1 Å². The second-order valence-electron chi connectivity index (χ2n) is 4.53. The summed E-state index contributed by atoms with van der Waals surface area (Å²) in [6.07, 6.45) is 2.58. The van der Waals surface area contributed by atoms with Gasteiger partial charge in [0.1, 0.15) is 0 Å². The van der Waals surface area contributed by atoms with Crippen LogP contribution in [0, 0.1) is 11.3 Å².